The summed E-state index contributed by atoms with van der Waals surface area (Å²) >= 11 is 0. The third-order valence-electron chi connectivity index (χ3n) is 2.41. The molecule has 0 aliphatic heterocycles. The van der Waals surface area contributed by atoms with Gasteiger partial charge in [0.05, 0.1) is 19.8 Å². The molecule has 0 N–H and O–H groups in total. The van der Waals surface area contributed by atoms with E-state index in [1.165, 1.54) is 6.08 Å². The Labute approximate surface area is 120 Å². The molecule has 0 saturated heterocycles. The maximum Gasteiger partial charge on any atom is 0.331 e. The monoisotopic (exact) mass is 278 g/mol. The van der Waals surface area contributed by atoms with Gasteiger partial charge in [-0.2, -0.15) is 0 Å². The van der Waals surface area contributed by atoms with Crippen molar-refractivity contribution in [3.05, 3.63) is 29.8 Å². The second kappa shape index (κ2) is 8.25. The number of hydrogen-bond donors (Lipinski definition) is 0. The summed E-state index contributed by atoms with van der Waals surface area (Å²) < 4.78 is 15.9. The van der Waals surface area contributed by atoms with Crippen LogP contribution in [0.2, 0.25) is 0 Å². The van der Waals surface area contributed by atoms with Gasteiger partial charge in [0.2, 0.25) is 0 Å². The average Bonchev–Trinajstić information content (AvgIpc) is 2.42. The summed E-state index contributed by atoms with van der Waals surface area (Å²) in [6, 6.07) is 5.53. The van der Waals surface area contributed by atoms with E-state index in [2.05, 4.69) is 0 Å². The zero-order valence-electron chi connectivity index (χ0n) is 12.5. The molecule has 0 spiro atoms. The normalized spacial score (nSPS) is 10.8. The molecule has 0 bridgehead atoms. The average molecular weight is 278 g/mol. The first-order chi connectivity index (χ1) is 9.56. The first-order valence-electron chi connectivity index (χ1n) is 6.76. The van der Waals surface area contributed by atoms with Crippen LogP contribution in [0.4, 0.5) is 0 Å². The van der Waals surface area contributed by atoms with Crippen molar-refractivity contribution in [2.24, 2.45) is 0 Å². The fraction of sp³-hybridized carbons (Fsp3) is 0.438. The Morgan fingerprint density at radius 3 is 2.65 bits per heavy atom. The molecule has 0 unspecified atom stereocenters. The lowest BCUT2D eigenvalue weighted by Gasteiger charge is -2.10. The van der Waals surface area contributed by atoms with E-state index in [0.29, 0.717) is 18.1 Å². The molecule has 0 heterocycles. The Bertz CT molecular complexity index is 464. The zero-order valence-corrected chi connectivity index (χ0v) is 12.5. The number of carbonyl (C=O) groups is 1. The fourth-order valence-electron chi connectivity index (χ4n) is 1.55. The first kappa shape index (κ1) is 16.1. The molecular formula is C16H22O4. The number of methoxy groups -OCH3 is 1. The Morgan fingerprint density at radius 2 is 2.05 bits per heavy atom. The molecule has 0 saturated carbocycles. The SMILES string of the molecule is CCCOc1ccc(/C=C/C(=O)OC(C)C)cc1OC. The molecule has 0 fully saturated rings. The molecule has 1 aromatic carbocycles. The molecule has 4 heteroatoms. The summed E-state index contributed by atoms with van der Waals surface area (Å²) in [6.07, 6.45) is 3.91. The number of esters is 1. The molecule has 4 nitrogen and oxygen atoms in total. The van der Waals surface area contributed by atoms with Crippen molar-refractivity contribution in [2.45, 2.75) is 33.3 Å². The predicted octanol–water partition coefficient (Wildman–Crippen LogP) is 3.45. The van der Waals surface area contributed by atoms with Gasteiger partial charge in [-0.3, -0.25) is 0 Å². The van der Waals surface area contributed by atoms with Crippen LogP contribution in [0, 0.1) is 0 Å². The molecule has 0 radical (unpaired) electrons. The number of benzene rings is 1. The van der Waals surface area contributed by atoms with Crippen molar-refractivity contribution in [3.63, 3.8) is 0 Å². The third-order valence-corrected chi connectivity index (χ3v) is 2.41. The summed E-state index contributed by atoms with van der Waals surface area (Å²) in [5.41, 5.74) is 0.853. The standard InChI is InChI=1S/C16H22O4/c1-5-10-19-14-8-6-13(11-15(14)18-4)7-9-16(17)20-12(2)3/h6-9,11-12H,5,10H2,1-4H3/b9-7+. The minimum Gasteiger partial charge on any atom is -0.493 e. The van der Waals surface area contributed by atoms with Crippen molar-refractivity contribution in [1.29, 1.82) is 0 Å². The summed E-state index contributed by atoms with van der Waals surface area (Å²) in [5.74, 6) is 0.999. The number of carbonyl (C=O) groups excluding carboxylic acids is 1. The van der Waals surface area contributed by atoms with Gasteiger partial charge in [0.15, 0.2) is 11.5 Å². The van der Waals surface area contributed by atoms with Crippen LogP contribution in [-0.2, 0) is 9.53 Å². The van der Waals surface area contributed by atoms with E-state index in [0.717, 1.165) is 12.0 Å². The zero-order chi connectivity index (χ0) is 15.0. The molecule has 0 aliphatic rings. The molecule has 110 valence electrons. The van der Waals surface area contributed by atoms with Gasteiger partial charge in [-0.15, -0.1) is 0 Å². The van der Waals surface area contributed by atoms with E-state index in [1.807, 2.05) is 39.0 Å². The van der Waals surface area contributed by atoms with Crippen LogP contribution in [-0.4, -0.2) is 25.8 Å². The highest BCUT2D eigenvalue weighted by molar-refractivity contribution is 5.87. The van der Waals surface area contributed by atoms with Crippen LogP contribution < -0.4 is 9.47 Å². The van der Waals surface area contributed by atoms with Crippen molar-refractivity contribution >= 4 is 12.0 Å². The second-order valence-electron chi connectivity index (χ2n) is 4.58. The molecular weight excluding hydrogens is 256 g/mol. The Balaban J connectivity index is 2.77. The lowest BCUT2D eigenvalue weighted by atomic mass is 10.2. The summed E-state index contributed by atoms with van der Waals surface area (Å²) in [7, 11) is 1.59. The van der Waals surface area contributed by atoms with Crippen LogP contribution in [0.1, 0.15) is 32.8 Å². The second-order valence-corrected chi connectivity index (χ2v) is 4.58. The van der Waals surface area contributed by atoms with Gasteiger partial charge in [0.1, 0.15) is 0 Å². The van der Waals surface area contributed by atoms with E-state index in [9.17, 15) is 4.79 Å². The highest BCUT2D eigenvalue weighted by Crippen LogP contribution is 2.28. The maximum absolute atomic E-state index is 11.4. The van der Waals surface area contributed by atoms with Gasteiger partial charge >= 0.3 is 5.97 Å². The molecule has 0 aromatic heterocycles. The molecule has 1 aromatic rings. The van der Waals surface area contributed by atoms with Crippen molar-refractivity contribution in [3.8, 4) is 11.5 Å². The minimum atomic E-state index is -0.356. The van der Waals surface area contributed by atoms with Gasteiger partial charge < -0.3 is 14.2 Å². The van der Waals surface area contributed by atoms with Crippen LogP contribution in [0.3, 0.4) is 0 Å². The highest BCUT2D eigenvalue weighted by Gasteiger charge is 2.05. The number of ether oxygens (including phenoxy) is 3. The first-order valence-corrected chi connectivity index (χ1v) is 6.76. The Morgan fingerprint density at radius 1 is 1.30 bits per heavy atom. The largest absolute Gasteiger partial charge is 0.493 e. The molecule has 0 aliphatic carbocycles. The Kier molecular flexibility index (Phi) is 6.64. The summed E-state index contributed by atoms with van der Waals surface area (Å²) in [6.45, 7) is 6.32. The van der Waals surface area contributed by atoms with E-state index >= 15 is 0 Å². The molecule has 0 amide bonds. The smallest absolute Gasteiger partial charge is 0.331 e. The minimum absolute atomic E-state index is 0.119. The lowest BCUT2D eigenvalue weighted by molar-refractivity contribution is -0.141. The summed E-state index contributed by atoms with van der Waals surface area (Å²) in [4.78, 5) is 11.4. The van der Waals surface area contributed by atoms with E-state index < -0.39 is 0 Å². The molecule has 20 heavy (non-hydrogen) atoms. The van der Waals surface area contributed by atoms with E-state index in [4.69, 9.17) is 14.2 Å². The number of rotatable bonds is 7. The van der Waals surface area contributed by atoms with Gasteiger partial charge in [0.25, 0.3) is 0 Å². The predicted molar refractivity (Wildman–Crippen MR) is 79.0 cm³/mol. The quantitative estimate of drug-likeness (QED) is 0.566. The van der Waals surface area contributed by atoms with Crippen molar-refractivity contribution < 1.29 is 19.0 Å². The van der Waals surface area contributed by atoms with E-state index in [1.54, 1.807) is 13.2 Å². The topological polar surface area (TPSA) is 44.8 Å². The van der Waals surface area contributed by atoms with Gasteiger partial charge in [-0.05, 0) is 44.0 Å². The third kappa shape index (κ3) is 5.34. The van der Waals surface area contributed by atoms with Crippen LogP contribution >= 0.6 is 0 Å². The van der Waals surface area contributed by atoms with E-state index in [-0.39, 0.29) is 12.1 Å². The van der Waals surface area contributed by atoms with Gasteiger partial charge in [0, 0.05) is 6.08 Å². The van der Waals surface area contributed by atoms with Crippen LogP contribution in [0.5, 0.6) is 11.5 Å². The summed E-state index contributed by atoms with van der Waals surface area (Å²) in [5, 5.41) is 0. The van der Waals surface area contributed by atoms with Crippen molar-refractivity contribution in [2.75, 3.05) is 13.7 Å². The van der Waals surface area contributed by atoms with Gasteiger partial charge in [-0.1, -0.05) is 13.0 Å². The van der Waals surface area contributed by atoms with Crippen LogP contribution in [0.25, 0.3) is 6.08 Å². The van der Waals surface area contributed by atoms with Crippen molar-refractivity contribution in [1.82, 2.24) is 0 Å². The van der Waals surface area contributed by atoms with Gasteiger partial charge in [-0.25, -0.2) is 4.79 Å². The fourth-order valence-corrected chi connectivity index (χ4v) is 1.55. The number of hydrogen-bond acceptors (Lipinski definition) is 4. The lowest BCUT2D eigenvalue weighted by Crippen LogP contribution is -2.08. The highest BCUT2D eigenvalue weighted by atomic mass is 16.5. The van der Waals surface area contributed by atoms with Crippen LogP contribution in [0.15, 0.2) is 24.3 Å². The molecule has 1 rings (SSSR count). The molecule has 0 atom stereocenters. The maximum atomic E-state index is 11.4. The Hall–Kier alpha value is -1.97.